The maximum Gasteiger partial charge on any atom is 0.187 e. The van der Waals surface area contributed by atoms with Gasteiger partial charge in [0.15, 0.2) is 5.78 Å². The van der Waals surface area contributed by atoms with Crippen molar-refractivity contribution in [2.24, 2.45) is 5.92 Å². The molecule has 0 saturated carbocycles. The molecule has 0 amide bonds. The SMILES string of the molecule is C=C(C)C(=O)C1=CCC(C)C=C1. The lowest BCUT2D eigenvalue weighted by Crippen LogP contribution is -2.05. The van der Waals surface area contributed by atoms with E-state index in [4.69, 9.17) is 0 Å². The van der Waals surface area contributed by atoms with E-state index < -0.39 is 0 Å². The van der Waals surface area contributed by atoms with Gasteiger partial charge >= 0.3 is 0 Å². The normalized spacial score (nSPS) is 21.8. The Balaban J connectivity index is 2.73. The Morgan fingerprint density at radius 1 is 1.67 bits per heavy atom. The van der Waals surface area contributed by atoms with Crippen LogP contribution >= 0.6 is 0 Å². The summed E-state index contributed by atoms with van der Waals surface area (Å²) in [6.45, 7) is 7.50. The fourth-order valence-corrected chi connectivity index (χ4v) is 1.14. The number of Topliss-reactive ketones (excluding diaryl/α,β-unsaturated/α-hetero) is 1. The summed E-state index contributed by atoms with van der Waals surface area (Å²) in [7, 11) is 0. The van der Waals surface area contributed by atoms with Gasteiger partial charge in [0, 0.05) is 5.57 Å². The van der Waals surface area contributed by atoms with Crippen LogP contribution in [0, 0.1) is 5.92 Å². The molecule has 0 saturated heterocycles. The molecule has 0 fully saturated rings. The fraction of sp³-hybridized carbons (Fsp3) is 0.364. The third kappa shape index (κ3) is 1.94. The second-order valence-corrected chi connectivity index (χ2v) is 3.34. The summed E-state index contributed by atoms with van der Waals surface area (Å²) >= 11 is 0. The van der Waals surface area contributed by atoms with E-state index in [9.17, 15) is 4.79 Å². The second-order valence-electron chi connectivity index (χ2n) is 3.34. The van der Waals surface area contributed by atoms with Crippen molar-refractivity contribution in [1.82, 2.24) is 0 Å². The van der Waals surface area contributed by atoms with E-state index in [0.717, 1.165) is 12.0 Å². The van der Waals surface area contributed by atoms with E-state index >= 15 is 0 Å². The Bertz CT molecular complexity index is 269. The summed E-state index contributed by atoms with van der Waals surface area (Å²) in [5.74, 6) is 0.629. The molecule has 1 aliphatic rings. The van der Waals surface area contributed by atoms with Crippen LogP contribution in [0.25, 0.3) is 0 Å². The van der Waals surface area contributed by atoms with Crippen molar-refractivity contribution in [3.05, 3.63) is 36.0 Å². The molecule has 0 radical (unpaired) electrons. The van der Waals surface area contributed by atoms with Crippen LogP contribution in [-0.2, 0) is 4.79 Å². The smallest absolute Gasteiger partial charge is 0.187 e. The van der Waals surface area contributed by atoms with Crippen LogP contribution in [-0.4, -0.2) is 5.78 Å². The van der Waals surface area contributed by atoms with Crippen LogP contribution in [0.5, 0.6) is 0 Å². The molecule has 1 atom stereocenters. The maximum atomic E-state index is 11.4. The van der Waals surface area contributed by atoms with Gasteiger partial charge in [-0.25, -0.2) is 0 Å². The molecule has 1 unspecified atom stereocenters. The first-order chi connectivity index (χ1) is 5.61. The molecule has 0 heterocycles. The van der Waals surface area contributed by atoms with Crippen LogP contribution < -0.4 is 0 Å². The minimum absolute atomic E-state index is 0.0677. The second kappa shape index (κ2) is 3.53. The van der Waals surface area contributed by atoms with Gasteiger partial charge in [-0.15, -0.1) is 0 Å². The number of carbonyl (C=O) groups is 1. The molecule has 64 valence electrons. The third-order valence-corrected chi connectivity index (χ3v) is 1.96. The molecule has 0 aromatic heterocycles. The molecule has 0 N–H and O–H groups in total. The first kappa shape index (κ1) is 8.98. The summed E-state index contributed by atoms with van der Waals surface area (Å²) in [4.78, 5) is 11.4. The lowest BCUT2D eigenvalue weighted by molar-refractivity contribution is -0.111. The van der Waals surface area contributed by atoms with Crippen LogP contribution in [0.15, 0.2) is 36.0 Å². The highest BCUT2D eigenvalue weighted by molar-refractivity contribution is 6.09. The van der Waals surface area contributed by atoms with Crippen molar-refractivity contribution < 1.29 is 4.79 Å². The van der Waals surface area contributed by atoms with Gasteiger partial charge in [-0.2, -0.15) is 0 Å². The van der Waals surface area contributed by atoms with E-state index in [1.54, 1.807) is 6.92 Å². The van der Waals surface area contributed by atoms with Gasteiger partial charge in [0.05, 0.1) is 0 Å². The quantitative estimate of drug-likeness (QED) is 0.570. The third-order valence-electron chi connectivity index (χ3n) is 1.96. The van der Waals surface area contributed by atoms with E-state index in [-0.39, 0.29) is 5.78 Å². The zero-order valence-electron chi connectivity index (χ0n) is 7.63. The Morgan fingerprint density at radius 3 is 2.75 bits per heavy atom. The Hall–Kier alpha value is -1.11. The highest BCUT2D eigenvalue weighted by Gasteiger charge is 2.10. The standard InChI is InChI=1S/C11H14O/c1-8(2)11(12)10-6-4-9(3)5-7-10/h4,6-7,9H,1,5H2,2-3H3. The van der Waals surface area contributed by atoms with E-state index in [0.29, 0.717) is 11.5 Å². The highest BCUT2D eigenvalue weighted by Crippen LogP contribution is 2.17. The predicted molar refractivity (Wildman–Crippen MR) is 50.8 cm³/mol. The van der Waals surface area contributed by atoms with Crippen LogP contribution in [0.4, 0.5) is 0 Å². The van der Waals surface area contributed by atoms with Gasteiger partial charge in [-0.3, -0.25) is 4.79 Å². The van der Waals surface area contributed by atoms with Gasteiger partial charge in [0.25, 0.3) is 0 Å². The first-order valence-corrected chi connectivity index (χ1v) is 4.20. The van der Waals surface area contributed by atoms with Crippen molar-refractivity contribution in [1.29, 1.82) is 0 Å². The molecule has 1 nitrogen and oxygen atoms in total. The number of rotatable bonds is 2. The Kier molecular flexibility index (Phi) is 2.64. The van der Waals surface area contributed by atoms with Crippen molar-refractivity contribution in [3.63, 3.8) is 0 Å². The number of hydrogen-bond acceptors (Lipinski definition) is 1. The average Bonchev–Trinajstić information content (AvgIpc) is 2.04. The molecule has 0 aromatic rings. The Labute approximate surface area is 73.5 Å². The van der Waals surface area contributed by atoms with Crippen LogP contribution in [0.2, 0.25) is 0 Å². The largest absolute Gasteiger partial charge is 0.289 e. The van der Waals surface area contributed by atoms with Gasteiger partial charge in [-0.05, 0) is 24.8 Å². The van der Waals surface area contributed by atoms with E-state index in [1.807, 2.05) is 12.2 Å². The van der Waals surface area contributed by atoms with Crippen molar-refractivity contribution >= 4 is 5.78 Å². The van der Waals surface area contributed by atoms with Crippen molar-refractivity contribution in [3.8, 4) is 0 Å². The zero-order valence-corrected chi connectivity index (χ0v) is 7.63. The molecule has 12 heavy (non-hydrogen) atoms. The minimum Gasteiger partial charge on any atom is -0.289 e. The summed E-state index contributed by atoms with van der Waals surface area (Å²) in [5, 5.41) is 0. The molecule has 1 rings (SSSR count). The zero-order chi connectivity index (χ0) is 9.14. The number of ketones is 1. The fourth-order valence-electron chi connectivity index (χ4n) is 1.14. The molecule has 1 heteroatoms. The van der Waals surface area contributed by atoms with Gasteiger partial charge < -0.3 is 0 Å². The molecular weight excluding hydrogens is 148 g/mol. The number of allylic oxidation sites excluding steroid dienone is 5. The summed E-state index contributed by atoms with van der Waals surface area (Å²) in [6.07, 6.45) is 6.91. The molecule has 0 spiro atoms. The van der Waals surface area contributed by atoms with E-state index in [1.165, 1.54) is 0 Å². The highest BCUT2D eigenvalue weighted by atomic mass is 16.1. The van der Waals surface area contributed by atoms with E-state index in [2.05, 4.69) is 19.6 Å². The van der Waals surface area contributed by atoms with Crippen molar-refractivity contribution in [2.75, 3.05) is 0 Å². The van der Waals surface area contributed by atoms with Gasteiger partial charge in [-0.1, -0.05) is 31.7 Å². The molecular formula is C11H14O. The maximum absolute atomic E-state index is 11.4. The van der Waals surface area contributed by atoms with Crippen molar-refractivity contribution in [2.45, 2.75) is 20.3 Å². The van der Waals surface area contributed by atoms with Gasteiger partial charge in [0.2, 0.25) is 0 Å². The average molecular weight is 162 g/mol. The van der Waals surface area contributed by atoms with Crippen LogP contribution in [0.3, 0.4) is 0 Å². The molecule has 0 aliphatic heterocycles. The molecule has 0 aromatic carbocycles. The number of carbonyl (C=O) groups excluding carboxylic acids is 1. The topological polar surface area (TPSA) is 17.1 Å². The summed E-state index contributed by atoms with van der Waals surface area (Å²) in [5.41, 5.74) is 1.40. The predicted octanol–water partition coefficient (Wildman–Crippen LogP) is 2.65. The number of hydrogen-bond donors (Lipinski definition) is 0. The molecule has 0 bridgehead atoms. The van der Waals surface area contributed by atoms with Gasteiger partial charge in [0.1, 0.15) is 0 Å². The lowest BCUT2D eigenvalue weighted by atomic mass is 9.94. The summed E-state index contributed by atoms with van der Waals surface area (Å²) in [6, 6.07) is 0. The molecule has 1 aliphatic carbocycles. The summed E-state index contributed by atoms with van der Waals surface area (Å²) < 4.78 is 0. The monoisotopic (exact) mass is 162 g/mol. The minimum atomic E-state index is 0.0677. The van der Waals surface area contributed by atoms with Crippen LogP contribution in [0.1, 0.15) is 20.3 Å². The lowest BCUT2D eigenvalue weighted by Gasteiger charge is -2.10. The Morgan fingerprint density at radius 2 is 2.33 bits per heavy atom. The first-order valence-electron chi connectivity index (χ1n) is 4.20.